The van der Waals surface area contributed by atoms with E-state index in [0.29, 0.717) is 44.1 Å². The minimum absolute atomic E-state index is 0.0618. The SMILES string of the molecule is O=C(NCCCC(=O)N1CCOC(c2ccc(Cl)cc2)C1)OCc1ccccc1. The van der Waals surface area contributed by atoms with Gasteiger partial charge in [0, 0.05) is 24.5 Å². The van der Waals surface area contributed by atoms with Gasteiger partial charge in [0.05, 0.1) is 13.2 Å². The maximum atomic E-state index is 12.5. The predicted molar refractivity (Wildman–Crippen MR) is 111 cm³/mol. The highest BCUT2D eigenvalue weighted by Gasteiger charge is 2.25. The van der Waals surface area contributed by atoms with Crippen LogP contribution in [0, 0.1) is 0 Å². The van der Waals surface area contributed by atoms with Crippen LogP contribution in [-0.4, -0.2) is 43.1 Å². The molecule has 2 aromatic rings. The molecular formula is C22H25ClN2O4. The first-order valence-electron chi connectivity index (χ1n) is 9.71. The Balaban J connectivity index is 1.34. The molecule has 0 spiro atoms. The monoisotopic (exact) mass is 416 g/mol. The summed E-state index contributed by atoms with van der Waals surface area (Å²) >= 11 is 5.93. The van der Waals surface area contributed by atoms with Crippen molar-refractivity contribution in [2.75, 3.05) is 26.2 Å². The normalized spacial score (nSPS) is 16.3. The fourth-order valence-corrected chi connectivity index (χ4v) is 3.24. The second-order valence-electron chi connectivity index (χ2n) is 6.84. The van der Waals surface area contributed by atoms with Gasteiger partial charge in [0.15, 0.2) is 0 Å². The molecule has 1 atom stereocenters. The zero-order valence-corrected chi connectivity index (χ0v) is 16.9. The third-order valence-electron chi connectivity index (χ3n) is 4.71. The van der Waals surface area contributed by atoms with Gasteiger partial charge in [-0.25, -0.2) is 4.79 Å². The number of nitrogens with zero attached hydrogens (tertiary/aromatic N) is 1. The average molecular weight is 417 g/mol. The van der Waals surface area contributed by atoms with Crippen LogP contribution in [0.2, 0.25) is 5.02 Å². The van der Waals surface area contributed by atoms with Gasteiger partial charge in [-0.3, -0.25) is 4.79 Å². The molecule has 154 valence electrons. The average Bonchev–Trinajstić information content (AvgIpc) is 2.76. The lowest BCUT2D eigenvalue weighted by atomic mass is 10.1. The molecule has 3 rings (SSSR count). The molecule has 7 heteroatoms. The lowest BCUT2D eigenvalue weighted by Crippen LogP contribution is -2.42. The first-order chi connectivity index (χ1) is 14.1. The molecule has 29 heavy (non-hydrogen) atoms. The number of carbonyl (C=O) groups is 2. The van der Waals surface area contributed by atoms with Gasteiger partial charge >= 0.3 is 6.09 Å². The zero-order chi connectivity index (χ0) is 20.5. The number of carbonyl (C=O) groups excluding carboxylic acids is 2. The number of hydrogen-bond donors (Lipinski definition) is 1. The van der Waals surface area contributed by atoms with Gasteiger partial charge in [-0.1, -0.05) is 54.1 Å². The van der Waals surface area contributed by atoms with Crippen LogP contribution >= 0.6 is 11.6 Å². The molecule has 1 fully saturated rings. The maximum absolute atomic E-state index is 12.5. The number of halogens is 1. The fraction of sp³-hybridized carbons (Fsp3) is 0.364. The van der Waals surface area contributed by atoms with Crippen LogP contribution in [0.1, 0.15) is 30.1 Å². The Kier molecular flexibility index (Phi) is 7.90. The summed E-state index contributed by atoms with van der Waals surface area (Å²) in [4.78, 5) is 26.0. The summed E-state index contributed by atoms with van der Waals surface area (Å²) in [6.07, 6.45) is 0.306. The number of hydrogen-bond acceptors (Lipinski definition) is 4. The van der Waals surface area contributed by atoms with E-state index in [4.69, 9.17) is 21.1 Å². The van der Waals surface area contributed by atoms with E-state index in [-0.39, 0.29) is 18.6 Å². The third kappa shape index (κ3) is 6.76. The molecule has 0 radical (unpaired) electrons. The smallest absolute Gasteiger partial charge is 0.407 e. The number of morpholine rings is 1. The second-order valence-corrected chi connectivity index (χ2v) is 7.28. The Morgan fingerprint density at radius 1 is 1.14 bits per heavy atom. The van der Waals surface area contributed by atoms with Crippen molar-refractivity contribution >= 4 is 23.6 Å². The number of amides is 2. The van der Waals surface area contributed by atoms with Crippen LogP contribution in [0.25, 0.3) is 0 Å². The van der Waals surface area contributed by atoms with E-state index in [9.17, 15) is 9.59 Å². The maximum Gasteiger partial charge on any atom is 0.407 e. The summed E-state index contributed by atoms with van der Waals surface area (Å²) < 4.78 is 10.9. The van der Waals surface area contributed by atoms with Crippen molar-refractivity contribution in [2.45, 2.75) is 25.6 Å². The Hall–Kier alpha value is -2.57. The summed E-state index contributed by atoms with van der Waals surface area (Å²) in [5.74, 6) is 0.0618. The minimum Gasteiger partial charge on any atom is -0.445 e. The quantitative estimate of drug-likeness (QED) is 0.694. The van der Waals surface area contributed by atoms with Crippen LogP contribution in [0.3, 0.4) is 0 Å². The minimum atomic E-state index is -0.476. The van der Waals surface area contributed by atoms with Gasteiger partial charge in [0.2, 0.25) is 5.91 Å². The second kappa shape index (κ2) is 10.8. The molecule has 2 amide bonds. The zero-order valence-electron chi connectivity index (χ0n) is 16.2. The van der Waals surface area contributed by atoms with Crippen molar-refractivity contribution in [3.05, 3.63) is 70.7 Å². The van der Waals surface area contributed by atoms with Crippen molar-refractivity contribution in [1.29, 1.82) is 0 Å². The van der Waals surface area contributed by atoms with E-state index in [2.05, 4.69) is 5.32 Å². The molecule has 1 saturated heterocycles. The van der Waals surface area contributed by atoms with E-state index in [0.717, 1.165) is 11.1 Å². The van der Waals surface area contributed by atoms with Gasteiger partial charge in [0.1, 0.15) is 12.7 Å². The summed E-state index contributed by atoms with van der Waals surface area (Å²) in [5.41, 5.74) is 1.94. The van der Waals surface area contributed by atoms with Crippen molar-refractivity contribution in [3.63, 3.8) is 0 Å². The molecule has 1 aliphatic heterocycles. The molecule has 0 aromatic heterocycles. The number of nitrogens with one attached hydrogen (secondary N) is 1. The Morgan fingerprint density at radius 2 is 1.90 bits per heavy atom. The van der Waals surface area contributed by atoms with Gasteiger partial charge in [0.25, 0.3) is 0 Å². The molecule has 0 bridgehead atoms. The number of ether oxygens (including phenoxy) is 2. The molecule has 1 aliphatic rings. The number of alkyl carbamates (subject to hydrolysis) is 1. The Morgan fingerprint density at radius 3 is 2.66 bits per heavy atom. The summed E-state index contributed by atoms with van der Waals surface area (Å²) in [7, 11) is 0. The van der Waals surface area contributed by atoms with Gasteiger partial charge in [-0.15, -0.1) is 0 Å². The van der Waals surface area contributed by atoms with Crippen LogP contribution in [-0.2, 0) is 20.9 Å². The Labute approximate surface area is 175 Å². The highest BCUT2D eigenvalue weighted by atomic mass is 35.5. The van der Waals surface area contributed by atoms with E-state index >= 15 is 0 Å². The van der Waals surface area contributed by atoms with Crippen molar-refractivity contribution in [2.24, 2.45) is 0 Å². The van der Waals surface area contributed by atoms with Gasteiger partial charge < -0.3 is 19.7 Å². The summed E-state index contributed by atoms with van der Waals surface area (Å²) in [6.45, 7) is 2.22. The van der Waals surface area contributed by atoms with Crippen LogP contribution in [0.15, 0.2) is 54.6 Å². The highest BCUT2D eigenvalue weighted by Crippen LogP contribution is 2.24. The van der Waals surface area contributed by atoms with Crippen LogP contribution < -0.4 is 5.32 Å². The predicted octanol–water partition coefficient (Wildman–Crippen LogP) is 3.95. The van der Waals surface area contributed by atoms with E-state index in [1.165, 1.54) is 0 Å². The standard InChI is InChI=1S/C22H25ClN2O4/c23-19-10-8-18(9-11-19)20-15-25(13-14-28-20)21(26)7-4-12-24-22(27)29-16-17-5-2-1-3-6-17/h1-3,5-6,8-11,20H,4,7,12-16H2,(H,24,27). The summed E-state index contributed by atoms with van der Waals surface area (Å²) in [5, 5.41) is 3.36. The van der Waals surface area contributed by atoms with Crippen LogP contribution in [0.4, 0.5) is 4.79 Å². The first-order valence-corrected chi connectivity index (χ1v) is 10.1. The fourth-order valence-electron chi connectivity index (χ4n) is 3.12. The topological polar surface area (TPSA) is 67.9 Å². The molecular weight excluding hydrogens is 392 g/mol. The van der Waals surface area contributed by atoms with Crippen molar-refractivity contribution in [1.82, 2.24) is 10.2 Å². The first kappa shape index (κ1) is 21.1. The van der Waals surface area contributed by atoms with Crippen molar-refractivity contribution < 1.29 is 19.1 Å². The molecule has 1 unspecified atom stereocenters. The number of rotatable bonds is 7. The molecule has 1 heterocycles. The highest BCUT2D eigenvalue weighted by molar-refractivity contribution is 6.30. The largest absolute Gasteiger partial charge is 0.445 e. The molecule has 1 N–H and O–H groups in total. The molecule has 6 nitrogen and oxygen atoms in total. The van der Waals surface area contributed by atoms with E-state index in [1.807, 2.05) is 59.5 Å². The van der Waals surface area contributed by atoms with E-state index < -0.39 is 6.09 Å². The van der Waals surface area contributed by atoms with Gasteiger partial charge in [-0.05, 0) is 29.7 Å². The summed E-state index contributed by atoms with van der Waals surface area (Å²) in [6, 6.07) is 17.0. The Bertz CT molecular complexity index is 798. The molecule has 0 aliphatic carbocycles. The third-order valence-corrected chi connectivity index (χ3v) is 4.96. The van der Waals surface area contributed by atoms with E-state index in [1.54, 1.807) is 0 Å². The van der Waals surface area contributed by atoms with Gasteiger partial charge in [-0.2, -0.15) is 0 Å². The van der Waals surface area contributed by atoms with Crippen LogP contribution in [0.5, 0.6) is 0 Å². The molecule has 0 saturated carbocycles. The lowest BCUT2D eigenvalue weighted by molar-refractivity contribution is -0.139. The van der Waals surface area contributed by atoms with Crippen molar-refractivity contribution in [3.8, 4) is 0 Å². The lowest BCUT2D eigenvalue weighted by Gasteiger charge is -2.33. The molecule has 2 aromatic carbocycles. The number of benzene rings is 2.